The Morgan fingerprint density at radius 1 is 1.13 bits per heavy atom. The molecule has 0 amide bonds. The molecule has 0 aliphatic heterocycles. The molecule has 0 aliphatic rings. The van der Waals surface area contributed by atoms with Gasteiger partial charge in [-0.25, -0.2) is 4.98 Å². The molecule has 2 aromatic heterocycles. The number of nitrogens with one attached hydrogen (secondary N) is 1. The maximum Gasteiger partial charge on any atom is 0.433 e. The van der Waals surface area contributed by atoms with Crippen LogP contribution in [0.15, 0.2) is 34.1 Å². The summed E-state index contributed by atoms with van der Waals surface area (Å²) in [5, 5.41) is 2.35. The summed E-state index contributed by atoms with van der Waals surface area (Å²) in [5.74, 6) is 0. The predicted molar refractivity (Wildman–Crippen MR) is 115 cm³/mol. The largest absolute Gasteiger partial charge is 0.433 e. The van der Waals surface area contributed by atoms with Gasteiger partial charge in [-0.2, -0.15) is 17.9 Å². The lowest BCUT2D eigenvalue weighted by Crippen LogP contribution is -2.17. The molecular formula is C21H25F3N4OS. The molecule has 0 unspecified atom stereocenters. The van der Waals surface area contributed by atoms with Crippen molar-refractivity contribution in [1.29, 1.82) is 0 Å². The second-order valence-electron chi connectivity index (χ2n) is 7.16. The SMILES string of the molecule is CCCCCCCCCN=Cc1c(C(F)(F)F)[nH]n(-c2nc3ccccc3s2)c1=O. The van der Waals surface area contributed by atoms with Crippen LogP contribution in [0.3, 0.4) is 0 Å². The predicted octanol–water partition coefficient (Wildman–Crippen LogP) is 5.96. The van der Waals surface area contributed by atoms with E-state index in [1.807, 2.05) is 6.07 Å². The van der Waals surface area contributed by atoms with Crippen LogP contribution < -0.4 is 5.56 Å². The number of rotatable bonds is 10. The normalized spacial score (nSPS) is 12.4. The molecule has 5 nitrogen and oxygen atoms in total. The van der Waals surface area contributed by atoms with Gasteiger partial charge in [-0.15, -0.1) is 0 Å². The molecule has 3 aromatic rings. The van der Waals surface area contributed by atoms with E-state index in [2.05, 4.69) is 22.0 Å². The van der Waals surface area contributed by atoms with Gasteiger partial charge in [-0.05, 0) is 18.6 Å². The molecule has 0 atom stereocenters. The third-order valence-electron chi connectivity index (χ3n) is 4.79. The average Bonchev–Trinajstić information content (AvgIpc) is 3.27. The summed E-state index contributed by atoms with van der Waals surface area (Å²) in [4.78, 5) is 21.0. The Labute approximate surface area is 176 Å². The Hall–Kier alpha value is -2.42. The lowest BCUT2D eigenvalue weighted by Gasteiger charge is -2.03. The first-order valence-corrected chi connectivity index (χ1v) is 11.0. The van der Waals surface area contributed by atoms with Gasteiger partial charge in [-0.1, -0.05) is 68.9 Å². The Balaban J connectivity index is 1.74. The fourth-order valence-corrected chi connectivity index (χ4v) is 4.12. The molecular weight excluding hydrogens is 413 g/mol. The molecule has 0 bridgehead atoms. The van der Waals surface area contributed by atoms with E-state index < -0.39 is 23.0 Å². The van der Waals surface area contributed by atoms with Gasteiger partial charge in [0.25, 0.3) is 5.56 Å². The van der Waals surface area contributed by atoms with Crippen molar-refractivity contribution in [3.63, 3.8) is 0 Å². The zero-order valence-corrected chi connectivity index (χ0v) is 17.7. The Bertz CT molecular complexity index is 1020. The summed E-state index contributed by atoms with van der Waals surface area (Å²) < 4.78 is 42.1. The van der Waals surface area contributed by atoms with Crippen LogP contribution in [0.25, 0.3) is 15.3 Å². The number of thiazole rings is 1. The monoisotopic (exact) mass is 438 g/mol. The van der Waals surface area contributed by atoms with Crippen LogP contribution in [0, 0.1) is 0 Å². The molecule has 0 fully saturated rings. The van der Waals surface area contributed by atoms with Gasteiger partial charge in [0.2, 0.25) is 5.13 Å². The lowest BCUT2D eigenvalue weighted by atomic mass is 10.1. The van der Waals surface area contributed by atoms with E-state index in [0.717, 1.165) is 46.2 Å². The highest BCUT2D eigenvalue weighted by Gasteiger charge is 2.38. The Kier molecular flexibility index (Phi) is 7.47. The van der Waals surface area contributed by atoms with Gasteiger partial charge in [0.15, 0.2) is 5.69 Å². The van der Waals surface area contributed by atoms with Crippen molar-refractivity contribution in [1.82, 2.24) is 14.8 Å². The number of H-pyrrole nitrogens is 1. The topological polar surface area (TPSA) is 63.0 Å². The van der Waals surface area contributed by atoms with E-state index in [1.54, 1.807) is 18.2 Å². The van der Waals surface area contributed by atoms with E-state index in [0.29, 0.717) is 12.1 Å². The van der Waals surface area contributed by atoms with Crippen molar-refractivity contribution in [2.24, 2.45) is 4.99 Å². The summed E-state index contributed by atoms with van der Waals surface area (Å²) in [6.45, 7) is 2.56. The van der Waals surface area contributed by atoms with Crippen LogP contribution in [-0.2, 0) is 6.18 Å². The second kappa shape index (κ2) is 10.1. The summed E-state index contributed by atoms with van der Waals surface area (Å²) >= 11 is 1.15. The Morgan fingerprint density at radius 3 is 2.53 bits per heavy atom. The van der Waals surface area contributed by atoms with Crippen LogP contribution in [0.2, 0.25) is 0 Å². The molecule has 0 spiro atoms. The summed E-state index contributed by atoms with van der Waals surface area (Å²) in [5.41, 5.74) is -1.76. The maximum absolute atomic E-state index is 13.5. The number of aliphatic imine (C=N–C) groups is 1. The number of hydrogen-bond acceptors (Lipinski definition) is 4. The van der Waals surface area contributed by atoms with Gasteiger partial charge in [0.1, 0.15) is 0 Å². The molecule has 162 valence electrons. The highest BCUT2D eigenvalue weighted by molar-refractivity contribution is 7.20. The molecule has 0 radical (unpaired) electrons. The van der Waals surface area contributed by atoms with Crippen molar-refractivity contribution in [3.05, 3.63) is 45.9 Å². The standard InChI is InChI=1S/C21H25F3N4OS/c1-2-3-4-5-6-7-10-13-25-14-15-18(21(22,23)24)27-28(19(15)29)20-26-16-11-8-9-12-17(16)30-20/h8-9,11-12,14,27H,2-7,10,13H2,1H3. The van der Waals surface area contributed by atoms with Crippen LogP contribution in [0.4, 0.5) is 13.2 Å². The highest BCUT2D eigenvalue weighted by atomic mass is 32.1. The minimum atomic E-state index is -4.69. The number of alkyl halides is 3. The zero-order chi connectivity index (χ0) is 21.6. The number of aromatic amines is 1. The summed E-state index contributed by atoms with van der Waals surface area (Å²) in [6, 6.07) is 7.15. The fraction of sp³-hybridized carbons (Fsp3) is 0.476. The van der Waals surface area contributed by atoms with Crippen molar-refractivity contribution in [2.75, 3.05) is 6.54 Å². The van der Waals surface area contributed by atoms with Gasteiger partial charge >= 0.3 is 6.18 Å². The maximum atomic E-state index is 13.5. The molecule has 2 heterocycles. The van der Waals surface area contributed by atoms with Crippen molar-refractivity contribution < 1.29 is 13.2 Å². The van der Waals surface area contributed by atoms with E-state index in [4.69, 9.17) is 0 Å². The molecule has 0 saturated heterocycles. The van der Waals surface area contributed by atoms with E-state index >= 15 is 0 Å². The highest BCUT2D eigenvalue weighted by Crippen LogP contribution is 2.30. The fourth-order valence-electron chi connectivity index (χ4n) is 3.19. The average molecular weight is 439 g/mol. The lowest BCUT2D eigenvalue weighted by molar-refractivity contribution is -0.141. The smallest absolute Gasteiger partial charge is 0.292 e. The Morgan fingerprint density at radius 2 is 1.83 bits per heavy atom. The van der Waals surface area contributed by atoms with Crippen LogP contribution in [0.1, 0.15) is 63.1 Å². The van der Waals surface area contributed by atoms with Crippen molar-refractivity contribution in [2.45, 2.75) is 58.0 Å². The number of benzene rings is 1. The van der Waals surface area contributed by atoms with Gasteiger partial charge in [0, 0.05) is 12.8 Å². The first-order chi connectivity index (χ1) is 14.4. The molecule has 9 heteroatoms. The number of nitrogens with zero attached hydrogens (tertiary/aromatic N) is 3. The molecule has 1 N–H and O–H groups in total. The summed E-state index contributed by atoms with van der Waals surface area (Å²) in [6.07, 6.45) is 4.02. The van der Waals surface area contributed by atoms with Crippen LogP contribution in [0.5, 0.6) is 0 Å². The minimum absolute atomic E-state index is 0.165. The first-order valence-electron chi connectivity index (χ1n) is 10.2. The summed E-state index contributed by atoms with van der Waals surface area (Å²) in [7, 11) is 0. The quantitative estimate of drug-likeness (QED) is 0.313. The third kappa shape index (κ3) is 5.38. The molecule has 30 heavy (non-hydrogen) atoms. The molecule has 0 saturated carbocycles. The van der Waals surface area contributed by atoms with Crippen molar-refractivity contribution >= 4 is 27.8 Å². The van der Waals surface area contributed by atoms with Crippen LogP contribution in [-0.4, -0.2) is 27.5 Å². The first kappa shape index (κ1) is 22.3. The third-order valence-corrected chi connectivity index (χ3v) is 5.82. The van der Waals surface area contributed by atoms with Gasteiger partial charge in [-0.3, -0.25) is 14.9 Å². The van der Waals surface area contributed by atoms with Gasteiger partial charge in [0.05, 0.1) is 15.8 Å². The van der Waals surface area contributed by atoms with E-state index in [1.165, 1.54) is 25.7 Å². The van der Waals surface area contributed by atoms with Crippen molar-refractivity contribution in [3.8, 4) is 5.13 Å². The minimum Gasteiger partial charge on any atom is -0.292 e. The van der Waals surface area contributed by atoms with E-state index in [-0.39, 0.29) is 5.13 Å². The number of fused-ring (bicyclic) bond motifs is 1. The number of para-hydroxylation sites is 1. The number of unbranched alkanes of at least 4 members (excludes halogenated alkanes) is 6. The number of hydrogen-bond donors (Lipinski definition) is 1. The number of halogens is 3. The molecule has 1 aromatic carbocycles. The molecule has 3 rings (SSSR count). The zero-order valence-electron chi connectivity index (χ0n) is 16.8. The van der Waals surface area contributed by atoms with E-state index in [9.17, 15) is 18.0 Å². The number of aromatic nitrogens is 3. The van der Waals surface area contributed by atoms with Crippen LogP contribution >= 0.6 is 11.3 Å². The second-order valence-corrected chi connectivity index (χ2v) is 8.17. The molecule has 0 aliphatic carbocycles. The van der Waals surface area contributed by atoms with Gasteiger partial charge < -0.3 is 0 Å².